The van der Waals surface area contributed by atoms with E-state index in [0.29, 0.717) is 18.5 Å². The Balaban J connectivity index is 2.20. The van der Waals surface area contributed by atoms with E-state index in [9.17, 15) is 9.59 Å². The van der Waals surface area contributed by atoms with Gasteiger partial charge < -0.3 is 14.6 Å². The molecule has 0 unspecified atom stereocenters. The molecule has 104 valence electrons. The number of hydrogen-bond acceptors (Lipinski definition) is 2. The third kappa shape index (κ3) is 2.64. The molecule has 0 saturated carbocycles. The van der Waals surface area contributed by atoms with Crippen molar-refractivity contribution in [2.24, 2.45) is 0 Å². The molecule has 2 rings (SSSR count). The SMILES string of the molecule is CC(C)(C)n1ccc(C(=O)N2CCC[C@@H]2C(=O)O)c1. The van der Waals surface area contributed by atoms with Crippen LogP contribution in [0.3, 0.4) is 0 Å². The lowest BCUT2D eigenvalue weighted by molar-refractivity contribution is -0.141. The molecule has 19 heavy (non-hydrogen) atoms. The van der Waals surface area contributed by atoms with Crippen LogP contribution in [0.1, 0.15) is 44.0 Å². The zero-order valence-electron chi connectivity index (χ0n) is 11.6. The number of carboxylic acid groups (broad SMARTS) is 1. The largest absolute Gasteiger partial charge is 0.480 e. The summed E-state index contributed by atoms with van der Waals surface area (Å²) in [5.74, 6) is -1.10. The van der Waals surface area contributed by atoms with Gasteiger partial charge in [0, 0.05) is 24.5 Å². The molecule has 0 spiro atoms. The van der Waals surface area contributed by atoms with Crippen molar-refractivity contribution < 1.29 is 14.7 Å². The minimum absolute atomic E-state index is 0.0876. The molecular weight excluding hydrogens is 244 g/mol. The highest BCUT2D eigenvalue weighted by Gasteiger charge is 2.34. The summed E-state index contributed by atoms with van der Waals surface area (Å²) in [7, 11) is 0. The molecule has 1 fully saturated rings. The van der Waals surface area contributed by atoms with Gasteiger partial charge in [0.25, 0.3) is 5.91 Å². The van der Waals surface area contributed by atoms with Gasteiger partial charge in [0.05, 0.1) is 5.56 Å². The van der Waals surface area contributed by atoms with Gasteiger partial charge in [-0.25, -0.2) is 4.79 Å². The molecule has 1 aromatic heterocycles. The van der Waals surface area contributed by atoms with Gasteiger partial charge >= 0.3 is 5.97 Å². The number of carbonyl (C=O) groups excluding carboxylic acids is 1. The molecule has 5 heteroatoms. The molecule has 0 aliphatic carbocycles. The fraction of sp³-hybridized carbons (Fsp3) is 0.571. The van der Waals surface area contributed by atoms with Gasteiger partial charge in [-0.05, 0) is 39.7 Å². The molecule has 1 amide bonds. The first-order chi connectivity index (χ1) is 8.80. The Morgan fingerprint density at radius 3 is 2.58 bits per heavy atom. The van der Waals surface area contributed by atoms with E-state index in [4.69, 9.17) is 5.11 Å². The first kappa shape index (κ1) is 13.6. The smallest absolute Gasteiger partial charge is 0.326 e. The van der Waals surface area contributed by atoms with Gasteiger partial charge in [-0.3, -0.25) is 4.79 Å². The predicted octanol–water partition coefficient (Wildman–Crippen LogP) is 1.93. The number of carbonyl (C=O) groups is 2. The number of amides is 1. The molecule has 1 aromatic rings. The maximum atomic E-state index is 12.4. The first-order valence-electron chi connectivity index (χ1n) is 6.53. The molecule has 1 N–H and O–H groups in total. The van der Waals surface area contributed by atoms with Crippen molar-refractivity contribution in [3.05, 3.63) is 24.0 Å². The van der Waals surface area contributed by atoms with Gasteiger partial charge in [0.1, 0.15) is 6.04 Å². The fourth-order valence-electron chi connectivity index (χ4n) is 2.37. The summed E-state index contributed by atoms with van der Waals surface area (Å²) in [4.78, 5) is 24.9. The van der Waals surface area contributed by atoms with Crippen molar-refractivity contribution in [2.75, 3.05) is 6.54 Å². The van der Waals surface area contributed by atoms with E-state index in [1.165, 1.54) is 4.90 Å². The number of aliphatic carboxylic acids is 1. The molecule has 1 aliphatic rings. The molecule has 1 atom stereocenters. The summed E-state index contributed by atoms with van der Waals surface area (Å²) >= 11 is 0. The predicted molar refractivity (Wildman–Crippen MR) is 71.1 cm³/mol. The Morgan fingerprint density at radius 2 is 2.05 bits per heavy atom. The molecule has 0 radical (unpaired) electrons. The van der Waals surface area contributed by atoms with Crippen molar-refractivity contribution in [2.45, 2.75) is 45.2 Å². The van der Waals surface area contributed by atoms with Crippen molar-refractivity contribution in [1.82, 2.24) is 9.47 Å². The number of likely N-dealkylation sites (tertiary alicyclic amines) is 1. The van der Waals surface area contributed by atoms with E-state index in [1.54, 1.807) is 12.3 Å². The van der Waals surface area contributed by atoms with Crippen molar-refractivity contribution >= 4 is 11.9 Å². The molecule has 1 aliphatic heterocycles. The summed E-state index contributed by atoms with van der Waals surface area (Å²) in [5, 5.41) is 9.11. The first-order valence-corrected chi connectivity index (χ1v) is 6.53. The van der Waals surface area contributed by atoms with Gasteiger partial charge in [0.15, 0.2) is 0 Å². The number of hydrogen-bond donors (Lipinski definition) is 1. The summed E-state index contributed by atoms with van der Waals surface area (Å²) in [6.07, 6.45) is 4.95. The highest BCUT2D eigenvalue weighted by atomic mass is 16.4. The summed E-state index contributed by atoms with van der Waals surface area (Å²) in [6, 6.07) is 1.08. The van der Waals surface area contributed by atoms with Crippen molar-refractivity contribution in [3.8, 4) is 0 Å². The lowest BCUT2D eigenvalue weighted by atomic mass is 10.1. The number of aromatic nitrogens is 1. The maximum Gasteiger partial charge on any atom is 0.326 e. The Labute approximate surface area is 112 Å². The molecular formula is C14H20N2O3. The number of rotatable bonds is 2. The van der Waals surface area contributed by atoms with Gasteiger partial charge in [0.2, 0.25) is 0 Å². The Morgan fingerprint density at radius 1 is 1.37 bits per heavy atom. The normalized spacial score (nSPS) is 19.7. The zero-order valence-corrected chi connectivity index (χ0v) is 11.6. The average Bonchev–Trinajstić information content (AvgIpc) is 2.96. The van der Waals surface area contributed by atoms with Crippen LogP contribution in [-0.2, 0) is 10.3 Å². The molecule has 0 bridgehead atoms. The van der Waals surface area contributed by atoms with Crippen LogP contribution in [0.15, 0.2) is 18.5 Å². The highest BCUT2D eigenvalue weighted by molar-refractivity contribution is 5.96. The van der Waals surface area contributed by atoms with Crippen LogP contribution in [0.2, 0.25) is 0 Å². The molecule has 2 heterocycles. The molecule has 1 saturated heterocycles. The van der Waals surface area contributed by atoms with Crippen molar-refractivity contribution in [3.63, 3.8) is 0 Å². The summed E-state index contributed by atoms with van der Waals surface area (Å²) in [6.45, 7) is 6.68. The second-order valence-corrected chi connectivity index (χ2v) is 5.97. The van der Waals surface area contributed by atoms with Crippen LogP contribution in [0.4, 0.5) is 0 Å². The fourth-order valence-corrected chi connectivity index (χ4v) is 2.37. The number of carboxylic acids is 1. The standard InChI is InChI=1S/C14H20N2O3/c1-14(2,3)15-8-6-10(9-15)12(17)16-7-4-5-11(16)13(18)19/h6,8-9,11H,4-5,7H2,1-3H3,(H,18,19)/t11-/m1/s1. The Bertz CT molecular complexity index is 499. The Hall–Kier alpha value is -1.78. The molecule has 0 aromatic carbocycles. The maximum absolute atomic E-state index is 12.4. The quantitative estimate of drug-likeness (QED) is 0.887. The Kier molecular flexibility index (Phi) is 3.39. The number of nitrogens with zero attached hydrogens (tertiary/aromatic N) is 2. The second kappa shape index (κ2) is 4.72. The summed E-state index contributed by atoms with van der Waals surface area (Å²) in [5.41, 5.74) is 0.471. The minimum atomic E-state index is -0.916. The van der Waals surface area contributed by atoms with Crippen molar-refractivity contribution in [1.29, 1.82) is 0 Å². The topological polar surface area (TPSA) is 62.5 Å². The van der Waals surface area contributed by atoms with Crippen LogP contribution >= 0.6 is 0 Å². The average molecular weight is 264 g/mol. The lowest BCUT2D eigenvalue weighted by Gasteiger charge is -2.22. The second-order valence-electron chi connectivity index (χ2n) is 5.97. The van der Waals surface area contributed by atoms with Crippen LogP contribution < -0.4 is 0 Å². The van der Waals surface area contributed by atoms with Gasteiger partial charge in [-0.15, -0.1) is 0 Å². The third-order valence-electron chi connectivity index (χ3n) is 3.51. The van der Waals surface area contributed by atoms with Gasteiger partial charge in [-0.2, -0.15) is 0 Å². The van der Waals surface area contributed by atoms with E-state index in [0.717, 1.165) is 6.42 Å². The highest BCUT2D eigenvalue weighted by Crippen LogP contribution is 2.22. The molecule has 5 nitrogen and oxygen atoms in total. The van der Waals surface area contributed by atoms with Crippen LogP contribution in [-0.4, -0.2) is 39.0 Å². The van der Waals surface area contributed by atoms with E-state index in [2.05, 4.69) is 20.8 Å². The van der Waals surface area contributed by atoms with Crippen LogP contribution in [0, 0.1) is 0 Å². The van der Waals surface area contributed by atoms with E-state index in [1.807, 2.05) is 10.8 Å². The third-order valence-corrected chi connectivity index (χ3v) is 3.51. The monoisotopic (exact) mass is 264 g/mol. The van der Waals surface area contributed by atoms with Gasteiger partial charge in [-0.1, -0.05) is 0 Å². The van der Waals surface area contributed by atoms with E-state index in [-0.39, 0.29) is 11.4 Å². The van der Waals surface area contributed by atoms with Crippen LogP contribution in [0.25, 0.3) is 0 Å². The van der Waals surface area contributed by atoms with E-state index >= 15 is 0 Å². The minimum Gasteiger partial charge on any atom is -0.480 e. The zero-order chi connectivity index (χ0) is 14.2. The van der Waals surface area contributed by atoms with Crippen LogP contribution in [0.5, 0.6) is 0 Å². The summed E-state index contributed by atoms with van der Waals surface area (Å²) < 4.78 is 1.96. The van der Waals surface area contributed by atoms with E-state index < -0.39 is 12.0 Å². The lowest BCUT2D eigenvalue weighted by Crippen LogP contribution is -2.40.